The Bertz CT molecular complexity index is 725. The number of rotatable bonds is 4. The summed E-state index contributed by atoms with van der Waals surface area (Å²) in [5, 5.41) is 9.44. The average molecular weight is 304 g/mol. The van der Waals surface area contributed by atoms with Gasteiger partial charge < -0.3 is 4.90 Å². The molecule has 0 spiro atoms. The Kier molecular flexibility index (Phi) is 4.33. The van der Waals surface area contributed by atoms with Gasteiger partial charge in [0.2, 0.25) is 0 Å². The molecule has 0 N–H and O–H groups in total. The van der Waals surface area contributed by atoms with E-state index in [0.717, 1.165) is 18.4 Å². The number of benzene rings is 1. The summed E-state index contributed by atoms with van der Waals surface area (Å²) in [6, 6.07) is 5.87. The van der Waals surface area contributed by atoms with Crippen LogP contribution in [-0.4, -0.2) is 42.1 Å². The first-order chi connectivity index (χ1) is 9.80. The van der Waals surface area contributed by atoms with Crippen LogP contribution in [0.25, 0.3) is 0 Å². The molecule has 0 amide bonds. The second-order valence-electron chi connectivity index (χ2n) is 5.80. The minimum absolute atomic E-state index is 0.410. The Balaban J connectivity index is 2.61. The summed E-state index contributed by atoms with van der Waals surface area (Å²) in [5.41, 5.74) is 2.82. The summed E-state index contributed by atoms with van der Waals surface area (Å²) in [4.78, 5) is 6.17. The van der Waals surface area contributed by atoms with Crippen molar-refractivity contribution in [1.82, 2.24) is 4.90 Å². The highest BCUT2D eigenvalue weighted by atomic mass is 32.2. The Morgan fingerprint density at radius 3 is 2.52 bits per heavy atom. The molecule has 2 rings (SSSR count). The maximum atomic E-state index is 11.9. The van der Waals surface area contributed by atoms with E-state index >= 15 is 0 Å². The molecule has 0 unspecified atom stereocenters. The lowest BCUT2D eigenvalue weighted by Crippen LogP contribution is -2.07. The lowest BCUT2D eigenvalue weighted by molar-refractivity contribution is 0.643. The third kappa shape index (κ3) is 4.30. The Labute approximate surface area is 126 Å². The molecular formula is C15H20N4OS. The second-order valence-corrected chi connectivity index (χ2v) is 8.34. The fraction of sp³-hybridized carbons (Fsp3) is 0.467. The van der Waals surface area contributed by atoms with Gasteiger partial charge in [-0.15, -0.1) is 0 Å². The van der Waals surface area contributed by atoms with E-state index in [0.29, 0.717) is 22.9 Å². The molecule has 1 aromatic rings. The van der Waals surface area contributed by atoms with Crippen LogP contribution in [0.15, 0.2) is 21.5 Å². The van der Waals surface area contributed by atoms with Crippen molar-refractivity contribution >= 4 is 27.4 Å². The second kappa shape index (κ2) is 5.86. The molecule has 1 aliphatic rings. The standard InChI is InChI=1S/C15H20N4OS/c1-19(2)10-17-15-8-12(18-21(3,4)20)7-13(11-5-6-11)14(15)9-16/h7-8,10-11H,5-6H2,1-4H3. The lowest BCUT2D eigenvalue weighted by Gasteiger charge is -2.09. The van der Waals surface area contributed by atoms with Crippen molar-refractivity contribution in [1.29, 1.82) is 5.26 Å². The molecule has 0 aromatic heterocycles. The minimum Gasteiger partial charge on any atom is -0.369 e. The molecule has 0 radical (unpaired) electrons. The van der Waals surface area contributed by atoms with Crippen molar-refractivity contribution in [3.8, 4) is 6.07 Å². The van der Waals surface area contributed by atoms with Crippen molar-refractivity contribution in [2.75, 3.05) is 26.6 Å². The molecule has 112 valence electrons. The third-order valence-corrected chi connectivity index (χ3v) is 3.67. The zero-order valence-corrected chi connectivity index (χ0v) is 13.6. The highest BCUT2D eigenvalue weighted by Crippen LogP contribution is 2.45. The first-order valence-electron chi connectivity index (χ1n) is 6.76. The van der Waals surface area contributed by atoms with Gasteiger partial charge in [0.15, 0.2) is 0 Å². The largest absolute Gasteiger partial charge is 0.369 e. The molecule has 1 saturated carbocycles. The average Bonchev–Trinajstić information content (AvgIpc) is 3.17. The van der Waals surface area contributed by atoms with Crippen LogP contribution in [0.5, 0.6) is 0 Å². The van der Waals surface area contributed by atoms with Crippen LogP contribution in [0.2, 0.25) is 0 Å². The number of aliphatic imine (C=N–C) groups is 1. The smallest absolute Gasteiger partial charge is 0.102 e. The molecule has 1 aliphatic carbocycles. The lowest BCUT2D eigenvalue weighted by atomic mass is 10.0. The summed E-state index contributed by atoms with van der Waals surface area (Å²) in [7, 11) is 1.51. The van der Waals surface area contributed by atoms with Crippen molar-refractivity contribution in [3.63, 3.8) is 0 Å². The summed E-state index contributed by atoms with van der Waals surface area (Å²) in [6.07, 6.45) is 7.03. The third-order valence-electron chi connectivity index (χ3n) is 3.01. The first kappa shape index (κ1) is 15.5. The van der Waals surface area contributed by atoms with Gasteiger partial charge in [-0.25, -0.2) is 9.20 Å². The Hall–Kier alpha value is -1.87. The quantitative estimate of drug-likeness (QED) is 0.634. The fourth-order valence-corrected chi connectivity index (χ4v) is 2.67. The van der Waals surface area contributed by atoms with Gasteiger partial charge in [0.1, 0.15) is 6.07 Å². The van der Waals surface area contributed by atoms with E-state index in [9.17, 15) is 9.47 Å². The van der Waals surface area contributed by atoms with Crippen molar-refractivity contribution in [2.45, 2.75) is 18.8 Å². The van der Waals surface area contributed by atoms with Gasteiger partial charge in [0.05, 0.1) is 23.3 Å². The zero-order valence-electron chi connectivity index (χ0n) is 12.8. The van der Waals surface area contributed by atoms with E-state index in [1.54, 1.807) is 24.9 Å². The van der Waals surface area contributed by atoms with Gasteiger partial charge in [-0.2, -0.15) is 9.62 Å². The maximum absolute atomic E-state index is 11.9. The first-order valence-corrected chi connectivity index (χ1v) is 9.09. The van der Waals surface area contributed by atoms with E-state index in [1.807, 2.05) is 25.1 Å². The van der Waals surface area contributed by atoms with Crippen molar-refractivity contribution in [3.05, 3.63) is 23.3 Å². The van der Waals surface area contributed by atoms with Crippen molar-refractivity contribution < 1.29 is 4.21 Å². The van der Waals surface area contributed by atoms with E-state index in [1.165, 1.54) is 0 Å². The van der Waals surface area contributed by atoms with Gasteiger partial charge >= 0.3 is 0 Å². The zero-order chi connectivity index (χ0) is 15.6. The highest BCUT2D eigenvalue weighted by Gasteiger charge is 2.28. The molecule has 0 saturated heterocycles. The van der Waals surface area contributed by atoms with E-state index in [-0.39, 0.29) is 0 Å². The Morgan fingerprint density at radius 1 is 1.38 bits per heavy atom. The highest BCUT2D eigenvalue weighted by molar-refractivity contribution is 7.92. The number of hydrogen-bond donors (Lipinski definition) is 0. The summed E-state index contributed by atoms with van der Waals surface area (Å²) >= 11 is 0. The van der Waals surface area contributed by atoms with Gasteiger partial charge in [0.25, 0.3) is 0 Å². The van der Waals surface area contributed by atoms with Crippen LogP contribution in [0.4, 0.5) is 11.4 Å². The van der Waals surface area contributed by atoms with E-state index in [4.69, 9.17) is 0 Å². The molecular weight excluding hydrogens is 284 g/mol. The summed E-state index contributed by atoms with van der Waals surface area (Å²) < 4.78 is 16.2. The number of nitriles is 1. The minimum atomic E-state index is -2.24. The van der Waals surface area contributed by atoms with E-state index in [2.05, 4.69) is 15.4 Å². The van der Waals surface area contributed by atoms with Crippen LogP contribution in [-0.2, 0) is 9.73 Å². The monoisotopic (exact) mass is 304 g/mol. The predicted molar refractivity (Wildman–Crippen MR) is 87.0 cm³/mol. The molecule has 0 aliphatic heterocycles. The molecule has 21 heavy (non-hydrogen) atoms. The molecule has 0 atom stereocenters. The van der Waals surface area contributed by atoms with Gasteiger partial charge in [-0.3, -0.25) is 0 Å². The fourth-order valence-electron chi connectivity index (χ4n) is 2.06. The van der Waals surface area contributed by atoms with Gasteiger partial charge in [-0.05, 0) is 36.5 Å². The normalized spacial score (nSPS) is 15.0. The topological polar surface area (TPSA) is 68.8 Å². The predicted octanol–water partition coefficient (Wildman–Crippen LogP) is 3.02. The summed E-state index contributed by atoms with van der Waals surface area (Å²) in [6.45, 7) is 0. The number of hydrogen-bond acceptors (Lipinski definition) is 4. The van der Waals surface area contributed by atoms with Gasteiger partial charge in [-0.1, -0.05) is 0 Å². The molecule has 1 fully saturated rings. The van der Waals surface area contributed by atoms with E-state index < -0.39 is 9.73 Å². The molecule has 6 heteroatoms. The SMILES string of the molecule is CN(C)C=Nc1cc(N=S(C)(C)=O)cc(C2CC2)c1C#N. The molecule has 0 heterocycles. The van der Waals surface area contributed by atoms with Crippen molar-refractivity contribution in [2.24, 2.45) is 9.36 Å². The van der Waals surface area contributed by atoms with Crippen LogP contribution in [0.3, 0.4) is 0 Å². The Morgan fingerprint density at radius 2 is 2.05 bits per heavy atom. The molecule has 5 nitrogen and oxygen atoms in total. The summed E-state index contributed by atoms with van der Waals surface area (Å²) in [5.74, 6) is 0.410. The maximum Gasteiger partial charge on any atom is 0.102 e. The van der Waals surface area contributed by atoms with Crippen LogP contribution in [0, 0.1) is 11.3 Å². The van der Waals surface area contributed by atoms with Crippen LogP contribution in [0.1, 0.15) is 29.9 Å². The number of nitrogens with zero attached hydrogens (tertiary/aromatic N) is 4. The van der Waals surface area contributed by atoms with Gasteiger partial charge in [0, 0.05) is 36.3 Å². The molecule has 1 aromatic carbocycles. The van der Waals surface area contributed by atoms with Crippen LogP contribution >= 0.6 is 0 Å². The van der Waals surface area contributed by atoms with Crippen LogP contribution < -0.4 is 0 Å². The molecule has 0 bridgehead atoms.